The van der Waals surface area contributed by atoms with Crippen molar-refractivity contribution < 1.29 is 13.5 Å². The molecule has 1 aliphatic carbocycles. The molecule has 1 heterocycles. The monoisotopic (exact) mass is 368 g/mol. The van der Waals surface area contributed by atoms with Crippen molar-refractivity contribution in [3.05, 3.63) is 70.3 Å². The lowest BCUT2D eigenvalue weighted by molar-refractivity contribution is 0.234. The average Bonchev–Trinajstić information content (AvgIpc) is 2.71. The van der Waals surface area contributed by atoms with Crippen LogP contribution in [0, 0.1) is 24.5 Å². The summed E-state index contributed by atoms with van der Waals surface area (Å²) in [5.41, 5.74) is 3.25. The Morgan fingerprint density at radius 1 is 1.00 bits per heavy atom. The van der Waals surface area contributed by atoms with E-state index in [0.29, 0.717) is 11.1 Å². The molecule has 1 atom stereocenters. The molecule has 1 fully saturated rings. The van der Waals surface area contributed by atoms with Gasteiger partial charge in [0.1, 0.15) is 6.10 Å². The predicted octanol–water partition coefficient (Wildman–Crippen LogP) is 7.10. The van der Waals surface area contributed by atoms with Crippen molar-refractivity contribution in [3.63, 3.8) is 0 Å². The molecular weight excluding hydrogens is 342 g/mol. The third kappa shape index (κ3) is 3.52. The molecule has 0 bridgehead atoms. The van der Waals surface area contributed by atoms with Crippen LogP contribution in [-0.4, -0.2) is 0 Å². The summed E-state index contributed by atoms with van der Waals surface area (Å²) in [4.78, 5) is 0. The molecule has 4 rings (SSSR count). The highest BCUT2D eigenvalue weighted by atomic mass is 19.2. The second kappa shape index (κ2) is 7.46. The van der Waals surface area contributed by atoms with E-state index < -0.39 is 17.7 Å². The molecule has 2 aliphatic rings. The Bertz CT molecular complexity index is 846. The van der Waals surface area contributed by atoms with Crippen LogP contribution in [0.3, 0.4) is 0 Å². The van der Waals surface area contributed by atoms with E-state index in [1.807, 2.05) is 43.3 Å². The van der Waals surface area contributed by atoms with Crippen LogP contribution in [-0.2, 0) is 0 Å². The largest absolute Gasteiger partial charge is 0.478 e. The van der Waals surface area contributed by atoms with Crippen molar-refractivity contribution in [1.82, 2.24) is 0 Å². The fourth-order valence-corrected chi connectivity index (χ4v) is 4.36. The van der Waals surface area contributed by atoms with Gasteiger partial charge in [0.2, 0.25) is 5.82 Å². The van der Waals surface area contributed by atoms with Crippen LogP contribution in [0.4, 0.5) is 8.78 Å². The van der Waals surface area contributed by atoms with Crippen LogP contribution in [0.1, 0.15) is 73.3 Å². The molecule has 1 saturated carbocycles. The maximum absolute atomic E-state index is 14.9. The quantitative estimate of drug-likeness (QED) is 0.561. The standard InChI is InChI=1S/C24H26F2O/c1-3-16-6-10-17(11-7-16)20-14-19-12-13-21(18-8-4-15(2)5-9-18)27-24(19)23(26)22(20)25/h4-5,8-9,12-14,16-17,21H,3,6-7,10-11H2,1-2H3. The second-order valence-corrected chi connectivity index (χ2v) is 7.95. The SMILES string of the molecule is CCC1CCC(c2cc3c(c(F)c2F)OC(c2ccc(C)cc2)C=C3)CC1. The summed E-state index contributed by atoms with van der Waals surface area (Å²) in [6.07, 6.45) is 8.63. The van der Waals surface area contributed by atoms with Crippen molar-refractivity contribution in [2.75, 3.05) is 0 Å². The van der Waals surface area contributed by atoms with E-state index >= 15 is 0 Å². The predicted molar refractivity (Wildman–Crippen MR) is 105 cm³/mol. The number of aryl methyl sites for hydroxylation is 1. The van der Waals surface area contributed by atoms with Crippen molar-refractivity contribution in [2.24, 2.45) is 5.92 Å². The van der Waals surface area contributed by atoms with E-state index in [4.69, 9.17) is 4.74 Å². The first-order valence-electron chi connectivity index (χ1n) is 10.00. The van der Waals surface area contributed by atoms with Crippen LogP contribution < -0.4 is 4.74 Å². The summed E-state index contributed by atoms with van der Waals surface area (Å²) in [5, 5.41) is 0. The number of fused-ring (bicyclic) bond motifs is 1. The van der Waals surface area contributed by atoms with E-state index in [1.54, 1.807) is 6.07 Å². The molecule has 27 heavy (non-hydrogen) atoms. The summed E-state index contributed by atoms with van der Waals surface area (Å²) in [6.45, 7) is 4.22. The van der Waals surface area contributed by atoms with E-state index in [-0.39, 0.29) is 11.7 Å². The number of halogens is 2. The molecule has 3 heteroatoms. The molecule has 0 saturated heterocycles. The van der Waals surface area contributed by atoms with Gasteiger partial charge in [-0.05, 0) is 67.7 Å². The third-order valence-corrected chi connectivity index (χ3v) is 6.18. The number of rotatable bonds is 3. The van der Waals surface area contributed by atoms with E-state index in [0.717, 1.165) is 42.7 Å². The Labute approximate surface area is 160 Å². The Balaban J connectivity index is 1.61. The Morgan fingerprint density at radius 2 is 1.70 bits per heavy atom. The van der Waals surface area contributed by atoms with Gasteiger partial charge in [0.25, 0.3) is 0 Å². The van der Waals surface area contributed by atoms with Gasteiger partial charge in [0.05, 0.1) is 0 Å². The summed E-state index contributed by atoms with van der Waals surface area (Å²) < 4.78 is 35.6. The molecule has 0 radical (unpaired) electrons. The summed E-state index contributed by atoms with van der Waals surface area (Å²) >= 11 is 0. The van der Waals surface area contributed by atoms with E-state index in [2.05, 4.69) is 6.92 Å². The van der Waals surface area contributed by atoms with Gasteiger partial charge in [0.15, 0.2) is 11.6 Å². The molecule has 2 aromatic carbocycles. The number of ether oxygens (including phenoxy) is 1. The Morgan fingerprint density at radius 3 is 2.37 bits per heavy atom. The molecule has 1 nitrogen and oxygen atoms in total. The molecule has 0 spiro atoms. The minimum Gasteiger partial charge on any atom is -0.478 e. The van der Waals surface area contributed by atoms with Crippen LogP contribution >= 0.6 is 0 Å². The van der Waals surface area contributed by atoms with Crippen LogP contribution in [0.25, 0.3) is 6.08 Å². The summed E-state index contributed by atoms with van der Waals surface area (Å²) in [6, 6.07) is 9.71. The number of hydrogen-bond acceptors (Lipinski definition) is 1. The van der Waals surface area contributed by atoms with Crippen LogP contribution in [0.5, 0.6) is 5.75 Å². The third-order valence-electron chi connectivity index (χ3n) is 6.18. The molecule has 142 valence electrons. The molecule has 0 N–H and O–H groups in total. The van der Waals surface area contributed by atoms with Gasteiger partial charge in [-0.2, -0.15) is 4.39 Å². The maximum atomic E-state index is 14.9. The molecular formula is C24H26F2O. The lowest BCUT2D eigenvalue weighted by Gasteiger charge is -2.30. The van der Waals surface area contributed by atoms with Crippen LogP contribution in [0.15, 0.2) is 36.4 Å². The lowest BCUT2D eigenvalue weighted by atomic mass is 9.77. The first kappa shape index (κ1) is 18.2. The first-order valence-corrected chi connectivity index (χ1v) is 10.00. The highest BCUT2D eigenvalue weighted by Crippen LogP contribution is 2.43. The number of benzene rings is 2. The van der Waals surface area contributed by atoms with Gasteiger partial charge in [-0.25, -0.2) is 4.39 Å². The molecule has 0 amide bonds. The van der Waals surface area contributed by atoms with Gasteiger partial charge in [-0.15, -0.1) is 0 Å². The van der Waals surface area contributed by atoms with Gasteiger partial charge in [-0.1, -0.05) is 49.2 Å². The van der Waals surface area contributed by atoms with Gasteiger partial charge >= 0.3 is 0 Å². The lowest BCUT2D eigenvalue weighted by Crippen LogP contribution is -2.16. The van der Waals surface area contributed by atoms with Gasteiger partial charge in [-0.3, -0.25) is 0 Å². The van der Waals surface area contributed by atoms with Crippen molar-refractivity contribution in [2.45, 2.75) is 58.0 Å². The minimum atomic E-state index is -0.846. The minimum absolute atomic E-state index is 0.0339. The Hall–Kier alpha value is -2.16. The van der Waals surface area contributed by atoms with Gasteiger partial charge < -0.3 is 4.74 Å². The normalized spacial score (nSPS) is 24.4. The fourth-order valence-electron chi connectivity index (χ4n) is 4.36. The zero-order valence-corrected chi connectivity index (χ0v) is 16.0. The Kier molecular flexibility index (Phi) is 5.03. The highest BCUT2D eigenvalue weighted by molar-refractivity contribution is 5.62. The average molecular weight is 368 g/mol. The zero-order chi connectivity index (χ0) is 19.0. The van der Waals surface area contributed by atoms with Crippen molar-refractivity contribution in [3.8, 4) is 5.75 Å². The van der Waals surface area contributed by atoms with Crippen molar-refractivity contribution in [1.29, 1.82) is 0 Å². The highest BCUT2D eigenvalue weighted by Gasteiger charge is 2.29. The summed E-state index contributed by atoms with van der Waals surface area (Å²) in [5.74, 6) is -0.707. The smallest absolute Gasteiger partial charge is 0.201 e. The summed E-state index contributed by atoms with van der Waals surface area (Å²) in [7, 11) is 0. The van der Waals surface area contributed by atoms with Gasteiger partial charge in [0, 0.05) is 5.56 Å². The second-order valence-electron chi connectivity index (χ2n) is 7.95. The zero-order valence-electron chi connectivity index (χ0n) is 16.0. The number of hydrogen-bond donors (Lipinski definition) is 0. The molecule has 0 aromatic heterocycles. The van der Waals surface area contributed by atoms with E-state index in [1.165, 1.54) is 6.42 Å². The maximum Gasteiger partial charge on any atom is 0.201 e. The molecule has 2 aromatic rings. The first-order chi connectivity index (χ1) is 13.1. The van der Waals surface area contributed by atoms with Crippen LogP contribution in [0.2, 0.25) is 0 Å². The molecule has 1 unspecified atom stereocenters. The van der Waals surface area contributed by atoms with Crippen molar-refractivity contribution >= 4 is 6.08 Å². The fraction of sp³-hybridized carbons (Fsp3) is 0.417. The topological polar surface area (TPSA) is 9.23 Å². The molecule has 1 aliphatic heterocycles. The van der Waals surface area contributed by atoms with E-state index in [9.17, 15) is 8.78 Å².